The van der Waals surface area contributed by atoms with Crippen molar-refractivity contribution in [2.75, 3.05) is 22.9 Å². The quantitative estimate of drug-likeness (QED) is 0.338. The minimum Gasteiger partial charge on any atom is -0.384 e. The highest BCUT2D eigenvalue weighted by atomic mass is 35.5. The molecule has 144 valence electrons. The molecule has 0 aliphatic heterocycles. The predicted molar refractivity (Wildman–Crippen MR) is 118 cm³/mol. The Morgan fingerprint density at radius 3 is 1.96 bits per heavy atom. The summed E-state index contributed by atoms with van der Waals surface area (Å²) >= 11 is 12.2. The molecule has 0 amide bonds. The van der Waals surface area contributed by atoms with Crippen LogP contribution in [0.15, 0.2) is 30.3 Å². The molecule has 0 fully saturated rings. The second kappa shape index (κ2) is 7.53. The van der Waals surface area contributed by atoms with Crippen molar-refractivity contribution in [2.24, 2.45) is 0 Å². The fraction of sp³-hybridized carbons (Fsp3) is 0.105. The summed E-state index contributed by atoms with van der Waals surface area (Å²) < 4.78 is 0. The average Bonchev–Trinajstić information content (AvgIpc) is 2.61. The zero-order valence-corrected chi connectivity index (χ0v) is 16.8. The number of halogens is 2. The smallest absolute Gasteiger partial charge is 0.222 e. The van der Waals surface area contributed by atoms with Crippen LogP contribution < -0.4 is 22.9 Å². The van der Waals surface area contributed by atoms with Gasteiger partial charge in [0.2, 0.25) is 5.95 Å². The van der Waals surface area contributed by atoms with Crippen molar-refractivity contribution in [3.8, 4) is 0 Å². The molecule has 28 heavy (non-hydrogen) atoms. The molecule has 7 nitrogen and oxygen atoms in total. The Hall–Kier alpha value is -3.03. The molecule has 0 saturated heterocycles. The Morgan fingerprint density at radius 1 is 0.714 bits per heavy atom. The van der Waals surface area contributed by atoms with Gasteiger partial charge in [0.15, 0.2) is 0 Å². The number of aromatic nitrogens is 3. The van der Waals surface area contributed by atoms with Gasteiger partial charge >= 0.3 is 0 Å². The second-order valence-corrected chi connectivity index (χ2v) is 7.04. The van der Waals surface area contributed by atoms with Crippen LogP contribution in [0.4, 0.5) is 23.4 Å². The number of fused-ring (bicyclic) bond motifs is 2. The molecule has 0 aliphatic rings. The predicted octanol–water partition coefficient (Wildman–Crippen LogP) is 4.12. The molecule has 0 saturated carbocycles. The highest BCUT2D eigenvalue weighted by Gasteiger charge is 2.09. The Morgan fingerprint density at radius 2 is 1.29 bits per heavy atom. The molecular formula is C19H19Cl2N7. The summed E-state index contributed by atoms with van der Waals surface area (Å²) in [4.78, 5) is 11.9. The third-order valence-corrected chi connectivity index (χ3v) is 5.19. The van der Waals surface area contributed by atoms with Crippen molar-refractivity contribution < 1.29 is 0 Å². The first-order chi connectivity index (χ1) is 13.2. The minimum atomic E-state index is 0.162. The molecule has 0 spiro atoms. The summed E-state index contributed by atoms with van der Waals surface area (Å²) in [5.41, 5.74) is 25.1. The lowest BCUT2D eigenvalue weighted by atomic mass is 10.1. The number of hydrogen-bond acceptors (Lipinski definition) is 7. The van der Waals surface area contributed by atoms with Crippen LogP contribution in [0.25, 0.3) is 21.7 Å². The number of pyridine rings is 1. The van der Waals surface area contributed by atoms with Gasteiger partial charge in [0.1, 0.15) is 17.5 Å². The van der Waals surface area contributed by atoms with Crippen LogP contribution in [0, 0.1) is 13.8 Å². The van der Waals surface area contributed by atoms with Gasteiger partial charge in [-0.05, 0) is 42.5 Å². The Labute approximate surface area is 171 Å². The zero-order valence-electron chi connectivity index (χ0n) is 15.3. The lowest BCUT2D eigenvalue weighted by Crippen LogP contribution is -2.01. The van der Waals surface area contributed by atoms with E-state index in [0.29, 0.717) is 38.4 Å². The molecule has 4 rings (SSSR count). The third-order valence-electron chi connectivity index (χ3n) is 4.22. The lowest BCUT2D eigenvalue weighted by Gasteiger charge is -2.06. The van der Waals surface area contributed by atoms with Gasteiger partial charge in [-0.3, -0.25) is 0 Å². The summed E-state index contributed by atoms with van der Waals surface area (Å²) in [5.74, 6) is 1.28. The lowest BCUT2D eigenvalue weighted by molar-refractivity contribution is 1.24. The molecule has 2 aromatic carbocycles. The van der Waals surface area contributed by atoms with Crippen LogP contribution in [0.2, 0.25) is 10.0 Å². The van der Waals surface area contributed by atoms with E-state index in [1.165, 1.54) is 0 Å². The fourth-order valence-corrected chi connectivity index (χ4v) is 3.32. The largest absolute Gasteiger partial charge is 0.384 e. The van der Waals surface area contributed by atoms with E-state index in [9.17, 15) is 0 Å². The molecular weight excluding hydrogens is 397 g/mol. The van der Waals surface area contributed by atoms with Gasteiger partial charge in [0, 0.05) is 5.39 Å². The van der Waals surface area contributed by atoms with Crippen LogP contribution in [0.3, 0.4) is 0 Å². The SMILES string of the molecule is Cc1ccc2cc(N)nc(N)c2c1Cl.Cc1ccc2nc(N)nc(N)c2c1Cl. The monoisotopic (exact) mass is 415 g/mol. The van der Waals surface area contributed by atoms with E-state index in [2.05, 4.69) is 15.0 Å². The van der Waals surface area contributed by atoms with E-state index in [-0.39, 0.29) is 5.95 Å². The van der Waals surface area contributed by atoms with E-state index in [1.807, 2.05) is 38.1 Å². The molecule has 2 heterocycles. The maximum atomic E-state index is 6.12. The molecule has 8 N–H and O–H groups in total. The summed E-state index contributed by atoms with van der Waals surface area (Å²) in [6, 6.07) is 9.33. The first-order valence-electron chi connectivity index (χ1n) is 8.27. The molecule has 0 bridgehead atoms. The van der Waals surface area contributed by atoms with Gasteiger partial charge in [-0.15, -0.1) is 0 Å². The molecule has 9 heteroatoms. The van der Waals surface area contributed by atoms with Gasteiger partial charge in [0.25, 0.3) is 0 Å². The maximum absolute atomic E-state index is 6.12. The number of anilines is 4. The summed E-state index contributed by atoms with van der Waals surface area (Å²) in [5, 5.41) is 3.60. The number of hydrogen-bond donors (Lipinski definition) is 4. The average molecular weight is 416 g/mol. The topological polar surface area (TPSA) is 143 Å². The normalized spacial score (nSPS) is 10.7. The Bertz CT molecular complexity index is 1110. The molecule has 2 aromatic heterocycles. The molecule has 0 unspecified atom stereocenters. The summed E-state index contributed by atoms with van der Waals surface area (Å²) in [6.45, 7) is 3.83. The Kier molecular flexibility index (Phi) is 5.31. The molecule has 0 aliphatic carbocycles. The van der Waals surface area contributed by atoms with Gasteiger partial charge in [0.05, 0.1) is 20.9 Å². The van der Waals surface area contributed by atoms with Crippen molar-refractivity contribution in [2.45, 2.75) is 13.8 Å². The van der Waals surface area contributed by atoms with Crippen LogP contribution in [-0.2, 0) is 0 Å². The van der Waals surface area contributed by atoms with E-state index in [4.69, 9.17) is 46.1 Å². The zero-order chi connectivity index (χ0) is 20.6. The van der Waals surface area contributed by atoms with E-state index < -0.39 is 0 Å². The van der Waals surface area contributed by atoms with E-state index in [0.717, 1.165) is 21.9 Å². The van der Waals surface area contributed by atoms with Gasteiger partial charge in [-0.1, -0.05) is 41.4 Å². The first kappa shape index (κ1) is 19.7. The van der Waals surface area contributed by atoms with Gasteiger partial charge in [-0.2, -0.15) is 4.98 Å². The highest BCUT2D eigenvalue weighted by Crippen LogP contribution is 2.31. The van der Waals surface area contributed by atoms with Crippen LogP contribution in [0.5, 0.6) is 0 Å². The van der Waals surface area contributed by atoms with E-state index >= 15 is 0 Å². The van der Waals surface area contributed by atoms with Crippen molar-refractivity contribution in [1.29, 1.82) is 0 Å². The molecule has 0 radical (unpaired) electrons. The highest BCUT2D eigenvalue weighted by molar-refractivity contribution is 6.37. The second-order valence-electron chi connectivity index (χ2n) is 6.28. The van der Waals surface area contributed by atoms with Gasteiger partial charge in [-0.25, -0.2) is 9.97 Å². The Balaban J connectivity index is 0.000000161. The fourth-order valence-electron chi connectivity index (χ4n) is 2.80. The number of nitrogens with two attached hydrogens (primary N) is 4. The number of benzene rings is 2. The van der Waals surface area contributed by atoms with Crippen molar-refractivity contribution in [3.63, 3.8) is 0 Å². The summed E-state index contributed by atoms with van der Waals surface area (Å²) in [7, 11) is 0. The number of rotatable bonds is 0. The number of nitrogen functional groups attached to an aromatic ring is 4. The van der Waals surface area contributed by atoms with Crippen LogP contribution in [-0.4, -0.2) is 15.0 Å². The first-order valence-corrected chi connectivity index (χ1v) is 9.03. The van der Waals surface area contributed by atoms with Crippen molar-refractivity contribution in [3.05, 3.63) is 51.5 Å². The van der Waals surface area contributed by atoms with E-state index in [1.54, 1.807) is 6.07 Å². The third kappa shape index (κ3) is 3.67. The van der Waals surface area contributed by atoms with Crippen LogP contribution in [0.1, 0.15) is 11.1 Å². The molecule has 0 atom stereocenters. The minimum absolute atomic E-state index is 0.162. The summed E-state index contributed by atoms with van der Waals surface area (Å²) in [6.07, 6.45) is 0. The molecule has 4 aromatic rings. The maximum Gasteiger partial charge on any atom is 0.222 e. The van der Waals surface area contributed by atoms with Crippen molar-refractivity contribution >= 4 is 68.3 Å². The standard InChI is InChI=1S/C10H10ClN3.C9H9ClN4/c1-5-2-3-6-4-7(12)14-10(13)8(6)9(5)11;1-4-2-3-5-6(7(4)10)8(11)14-9(12)13-5/h2-4H,1H3,(H4,12,13,14);2-3H,1H3,(H4,11,12,13,14). The van der Waals surface area contributed by atoms with Gasteiger partial charge < -0.3 is 22.9 Å². The number of aryl methyl sites for hydroxylation is 2. The van der Waals surface area contributed by atoms with Crippen molar-refractivity contribution in [1.82, 2.24) is 15.0 Å². The van der Waals surface area contributed by atoms with Crippen LogP contribution >= 0.6 is 23.2 Å². The number of nitrogens with zero attached hydrogens (tertiary/aromatic N) is 3.